The summed E-state index contributed by atoms with van der Waals surface area (Å²) in [4.78, 5) is 0. The predicted molar refractivity (Wildman–Crippen MR) is 99.9 cm³/mol. The number of hydrogen-bond acceptors (Lipinski definition) is 2. The second-order valence-corrected chi connectivity index (χ2v) is 6.06. The Morgan fingerprint density at radius 3 is 2.52 bits per heavy atom. The average molecular weight is 312 g/mol. The van der Waals surface area contributed by atoms with Gasteiger partial charge in [0, 0.05) is 11.9 Å². The van der Waals surface area contributed by atoms with Crippen LogP contribution in [0.4, 0.5) is 0 Å². The molecule has 0 aliphatic carbocycles. The first-order chi connectivity index (χ1) is 11.4. The molecule has 0 bridgehead atoms. The molecule has 0 amide bonds. The fraction of sp³-hybridized carbons (Fsp3) is 0.476. The highest BCUT2D eigenvalue weighted by molar-refractivity contribution is 5.91. The van der Waals surface area contributed by atoms with Crippen molar-refractivity contribution >= 4 is 10.8 Å². The molecule has 2 heteroatoms. The Hall–Kier alpha value is -1.54. The lowest BCUT2D eigenvalue weighted by atomic mass is 10.0. The van der Waals surface area contributed by atoms with Gasteiger partial charge in [-0.25, -0.2) is 0 Å². The van der Waals surface area contributed by atoms with Crippen molar-refractivity contribution in [2.24, 2.45) is 0 Å². The minimum absolute atomic E-state index is 0.812. The highest BCUT2D eigenvalue weighted by Crippen LogP contribution is 2.28. The zero-order chi connectivity index (χ0) is 16.3. The number of hydrogen-bond donors (Lipinski definition) is 1. The lowest BCUT2D eigenvalue weighted by Gasteiger charge is -2.13. The first kappa shape index (κ1) is 17.8. The Labute approximate surface area is 141 Å². The van der Waals surface area contributed by atoms with Crippen LogP contribution in [-0.4, -0.2) is 13.2 Å². The van der Waals surface area contributed by atoms with E-state index >= 15 is 0 Å². The summed E-state index contributed by atoms with van der Waals surface area (Å²) in [5.74, 6) is 1.01. The zero-order valence-electron chi connectivity index (χ0n) is 14.4. The van der Waals surface area contributed by atoms with Crippen molar-refractivity contribution in [1.29, 1.82) is 0 Å². The summed E-state index contributed by atoms with van der Waals surface area (Å²) in [6, 6.07) is 12.8. The second kappa shape index (κ2) is 10.3. The van der Waals surface area contributed by atoms with Crippen LogP contribution >= 0.6 is 0 Å². The maximum absolute atomic E-state index is 6.05. The third-order valence-electron chi connectivity index (χ3n) is 4.15. The Kier molecular flexibility index (Phi) is 7.96. The largest absolute Gasteiger partial charge is 0.493 e. The number of unbranched alkanes of at least 4 members (excludes halogenated alkanes) is 4. The van der Waals surface area contributed by atoms with Gasteiger partial charge in [-0.2, -0.15) is 0 Å². The van der Waals surface area contributed by atoms with Crippen molar-refractivity contribution < 1.29 is 4.74 Å². The molecule has 2 rings (SSSR count). The summed E-state index contributed by atoms with van der Waals surface area (Å²) < 4.78 is 6.05. The predicted octanol–water partition coefficient (Wildman–Crippen LogP) is 5.50. The summed E-state index contributed by atoms with van der Waals surface area (Å²) in [5, 5.41) is 5.93. The van der Waals surface area contributed by atoms with Crippen molar-refractivity contribution in [3.8, 4) is 5.75 Å². The summed E-state index contributed by atoms with van der Waals surface area (Å²) in [5.41, 5.74) is 1.32. The van der Waals surface area contributed by atoms with Crippen LogP contribution in [0.15, 0.2) is 36.4 Å². The van der Waals surface area contributed by atoms with E-state index in [4.69, 9.17) is 4.74 Å². The van der Waals surface area contributed by atoms with E-state index in [0.717, 1.165) is 38.3 Å². The molecule has 0 aliphatic heterocycles. The highest BCUT2D eigenvalue weighted by Gasteiger charge is 2.06. The molecule has 0 unspecified atom stereocenters. The van der Waals surface area contributed by atoms with Crippen molar-refractivity contribution in [3.63, 3.8) is 0 Å². The molecule has 0 aromatic heterocycles. The first-order valence-electron chi connectivity index (χ1n) is 9.00. The van der Waals surface area contributed by atoms with Gasteiger partial charge in [0.2, 0.25) is 0 Å². The highest BCUT2D eigenvalue weighted by atomic mass is 16.5. The van der Waals surface area contributed by atoms with Crippen molar-refractivity contribution in [2.75, 3.05) is 13.2 Å². The van der Waals surface area contributed by atoms with E-state index < -0.39 is 0 Å². The van der Waals surface area contributed by atoms with Crippen LogP contribution < -0.4 is 10.1 Å². The zero-order valence-corrected chi connectivity index (χ0v) is 14.4. The Morgan fingerprint density at radius 2 is 1.74 bits per heavy atom. The summed E-state index contributed by atoms with van der Waals surface area (Å²) in [6.07, 6.45) is 7.25. The van der Waals surface area contributed by atoms with E-state index in [-0.39, 0.29) is 0 Å². The van der Waals surface area contributed by atoms with E-state index in [1.165, 1.54) is 42.0 Å². The molecule has 0 saturated heterocycles. The Balaban J connectivity index is 1.99. The average Bonchev–Trinajstić information content (AvgIpc) is 2.59. The monoisotopic (exact) mass is 312 g/mol. The third-order valence-corrected chi connectivity index (χ3v) is 4.15. The van der Waals surface area contributed by atoms with Crippen LogP contribution in [-0.2, 0) is 6.54 Å². The lowest BCUT2D eigenvalue weighted by Crippen LogP contribution is -2.14. The van der Waals surface area contributed by atoms with Gasteiger partial charge in [-0.05, 0) is 36.4 Å². The second-order valence-electron chi connectivity index (χ2n) is 6.06. The van der Waals surface area contributed by atoms with Crippen molar-refractivity contribution in [3.05, 3.63) is 48.9 Å². The van der Waals surface area contributed by atoms with Crippen LogP contribution in [0.2, 0.25) is 0 Å². The van der Waals surface area contributed by atoms with E-state index in [1.807, 2.05) is 0 Å². The summed E-state index contributed by atoms with van der Waals surface area (Å²) >= 11 is 0. The van der Waals surface area contributed by atoms with Crippen LogP contribution in [0.1, 0.15) is 51.0 Å². The smallest absolute Gasteiger partial charge is 0.127 e. The molecule has 1 N–H and O–H groups in total. The maximum Gasteiger partial charge on any atom is 0.127 e. The topological polar surface area (TPSA) is 21.3 Å². The van der Waals surface area contributed by atoms with Gasteiger partial charge in [-0.3, -0.25) is 0 Å². The molecule has 0 atom stereocenters. The van der Waals surface area contributed by atoms with Gasteiger partial charge in [0.15, 0.2) is 0 Å². The number of nitrogens with one attached hydrogen (secondary N) is 1. The van der Waals surface area contributed by atoms with Gasteiger partial charge in [-0.1, -0.05) is 69.9 Å². The van der Waals surface area contributed by atoms with E-state index in [2.05, 4.69) is 55.6 Å². The molecular weight excluding hydrogens is 282 g/mol. The standard InChI is InChI=1S/C21H30NO/c1-3-5-6-7-10-16-23-21-14-13-18(17-22-15-4-2)19-11-8-9-12-20(19)21/h8-9,11-14,22H,2-7,10,15-17H2,1H3. The summed E-state index contributed by atoms with van der Waals surface area (Å²) in [6.45, 7) is 8.76. The molecular formula is C21H30NO. The van der Waals surface area contributed by atoms with Gasteiger partial charge >= 0.3 is 0 Å². The molecule has 0 saturated carbocycles. The quantitative estimate of drug-likeness (QED) is 0.553. The van der Waals surface area contributed by atoms with Gasteiger partial charge in [0.05, 0.1) is 6.61 Å². The molecule has 125 valence electrons. The van der Waals surface area contributed by atoms with Gasteiger partial charge in [0.25, 0.3) is 0 Å². The van der Waals surface area contributed by atoms with Crippen LogP contribution in [0.25, 0.3) is 10.8 Å². The van der Waals surface area contributed by atoms with E-state index in [0.29, 0.717) is 0 Å². The molecule has 2 aromatic carbocycles. The van der Waals surface area contributed by atoms with Crippen LogP contribution in [0.5, 0.6) is 5.75 Å². The third kappa shape index (κ3) is 5.54. The number of fused-ring (bicyclic) bond motifs is 1. The molecule has 23 heavy (non-hydrogen) atoms. The van der Waals surface area contributed by atoms with E-state index in [1.54, 1.807) is 0 Å². The minimum Gasteiger partial charge on any atom is -0.493 e. The molecule has 1 radical (unpaired) electrons. The van der Waals surface area contributed by atoms with Crippen molar-refractivity contribution in [2.45, 2.75) is 52.0 Å². The SMILES string of the molecule is [CH2]CCNCc1ccc(OCCCCCCC)c2ccccc12. The fourth-order valence-corrected chi connectivity index (χ4v) is 2.85. The maximum atomic E-state index is 6.05. The van der Waals surface area contributed by atoms with E-state index in [9.17, 15) is 0 Å². The van der Waals surface area contributed by atoms with Gasteiger partial charge in [0.1, 0.15) is 5.75 Å². The molecule has 2 nitrogen and oxygen atoms in total. The van der Waals surface area contributed by atoms with Gasteiger partial charge in [-0.15, -0.1) is 0 Å². The minimum atomic E-state index is 0.812. The first-order valence-corrected chi connectivity index (χ1v) is 9.00. The molecule has 0 aliphatic rings. The van der Waals surface area contributed by atoms with Crippen molar-refractivity contribution in [1.82, 2.24) is 5.32 Å². The van der Waals surface area contributed by atoms with Crippen LogP contribution in [0, 0.1) is 6.92 Å². The van der Waals surface area contributed by atoms with Crippen LogP contribution in [0.3, 0.4) is 0 Å². The number of benzene rings is 2. The molecule has 0 spiro atoms. The Morgan fingerprint density at radius 1 is 0.957 bits per heavy atom. The normalized spacial score (nSPS) is 11.0. The fourth-order valence-electron chi connectivity index (χ4n) is 2.85. The number of ether oxygens (including phenoxy) is 1. The lowest BCUT2D eigenvalue weighted by molar-refractivity contribution is 0.308. The molecule has 0 heterocycles. The molecule has 2 aromatic rings. The molecule has 0 fully saturated rings. The summed E-state index contributed by atoms with van der Waals surface area (Å²) in [7, 11) is 0. The number of rotatable bonds is 11. The van der Waals surface area contributed by atoms with Gasteiger partial charge < -0.3 is 10.1 Å². The Bertz CT molecular complexity index is 579.